The van der Waals surface area contributed by atoms with Gasteiger partial charge in [0.2, 0.25) is 0 Å². The summed E-state index contributed by atoms with van der Waals surface area (Å²) < 4.78 is 68.6. The monoisotopic (exact) mass is 1500 g/mol. The van der Waals surface area contributed by atoms with Gasteiger partial charge in [-0.3, -0.25) is 37.3 Å². The van der Waals surface area contributed by atoms with E-state index in [-0.39, 0.29) is 25.7 Å². The molecule has 0 rings (SSSR count). The van der Waals surface area contributed by atoms with Gasteiger partial charge < -0.3 is 33.8 Å². The number of phosphoric ester groups is 2. The number of hydrogen-bond donors (Lipinski definition) is 3. The Morgan fingerprint density at radius 3 is 0.817 bits per heavy atom. The fourth-order valence-corrected chi connectivity index (χ4v) is 12.3. The van der Waals surface area contributed by atoms with Crippen LogP contribution in [0.5, 0.6) is 0 Å². The van der Waals surface area contributed by atoms with Gasteiger partial charge in [0.1, 0.15) is 19.3 Å². The van der Waals surface area contributed by atoms with Crippen molar-refractivity contribution in [2.75, 3.05) is 39.6 Å². The summed E-state index contributed by atoms with van der Waals surface area (Å²) in [6.45, 7) is 4.58. The van der Waals surface area contributed by atoms with Crippen LogP contribution in [0.15, 0.2) is 122 Å². The molecule has 0 aromatic heterocycles. The molecule has 0 saturated carbocycles. The summed E-state index contributed by atoms with van der Waals surface area (Å²) in [6.07, 6.45) is 84.6. The standard InChI is InChI=1S/C85H146O17P2/c1-5-9-13-17-21-25-29-33-37-39-43-46-50-54-58-62-66-70-83(88)96-76-81(102-85(90)72-68-64-60-56-52-48-44-40-38-34-30-26-22-18-14-10-6-2)78-100-104(93,94)98-74-79(86)73-97-103(91,92)99-77-80(101-84(89)71-67-63-59-55-51-47-42-36-32-28-24-20-16-12-8-4)75-95-82(87)69-65-61-57-53-49-45-41-35-31-27-23-19-15-11-7-3/h9-10,13-14,21-22,25-26,33-38,41-43,46,54,58,79-81,86H,5-8,11-12,15-20,23-24,27-32,39-40,44-45,47-53,55-57,59-78H2,1-4H3,(H,91,92)(H,93,94)/b13-9-,14-10-,25-21-,26-22-,37-33-,38-34-,41-35-,42-36-,46-43-,58-54-. The second-order valence-corrected chi connectivity index (χ2v) is 29.8. The van der Waals surface area contributed by atoms with E-state index in [4.69, 9.17) is 37.0 Å². The van der Waals surface area contributed by atoms with Crippen molar-refractivity contribution in [3.63, 3.8) is 0 Å². The highest BCUT2D eigenvalue weighted by Gasteiger charge is 2.30. The van der Waals surface area contributed by atoms with Crippen LogP contribution in [0.4, 0.5) is 0 Å². The van der Waals surface area contributed by atoms with Gasteiger partial charge in [-0.25, -0.2) is 9.13 Å². The lowest BCUT2D eigenvalue weighted by Crippen LogP contribution is -2.30. The van der Waals surface area contributed by atoms with Gasteiger partial charge in [0, 0.05) is 25.7 Å². The number of phosphoric acid groups is 2. The van der Waals surface area contributed by atoms with E-state index in [0.29, 0.717) is 32.1 Å². The Morgan fingerprint density at radius 1 is 0.279 bits per heavy atom. The topological polar surface area (TPSA) is 237 Å². The molecule has 5 unspecified atom stereocenters. The molecule has 0 aromatic carbocycles. The highest BCUT2D eigenvalue weighted by atomic mass is 31.2. The van der Waals surface area contributed by atoms with Gasteiger partial charge in [-0.05, 0) is 148 Å². The van der Waals surface area contributed by atoms with Crippen molar-refractivity contribution in [3.8, 4) is 0 Å². The Bertz CT molecular complexity index is 2440. The number of aliphatic hydroxyl groups is 1. The summed E-state index contributed by atoms with van der Waals surface area (Å²) in [5.74, 6) is -2.26. The Kier molecular flexibility index (Phi) is 73.3. The van der Waals surface area contributed by atoms with E-state index in [1.165, 1.54) is 77.0 Å². The summed E-state index contributed by atoms with van der Waals surface area (Å²) >= 11 is 0. The molecule has 0 aliphatic rings. The third-order valence-corrected chi connectivity index (χ3v) is 18.8. The summed E-state index contributed by atoms with van der Waals surface area (Å²) in [5, 5.41) is 10.6. The van der Waals surface area contributed by atoms with Gasteiger partial charge in [-0.2, -0.15) is 0 Å². The van der Waals surface area contributed by atoms with E-state index >= 15 is 0 Å². The van der Waals surface area contributed by atoms with E-state index in [9.17, 15) is 43.2 Å². The molecule has 0 aliphatic heterocycles. The SMILES string of the molecule is CC/C=C\C/C=C\C/C=C\C/C=C\C/C=C\CCCC(=O)OCC(COP(=O)(O)OCC(O)COP(=O)(O)OCC(COC(=O)CCCCCCC/C=C\CCCCCCCC)OC(=O)CCCCCCC/C=C\CCCCCCCC)OC(=O)CCCCCCCCC/C=C\C/C=C\C/C=C\CC. The van der Waals surface area contributed by atoms with Gasteiger partial charge in [0.25, 0.3) is 0 Å². The largest absolute Gasteiger partial charge is 0.472 e. The molecule has 3 N–H and O–H groups in total. The van der Waals surface area contributed by atoms with Crippen LogP contribution in [0.2, 0.25) is 0 Å². The lowest BCUT2D eigenvalue weighted by molar-refractivity contribution is -0.161. The van der Waals surface area contributed by atoms with Crippen LogP contribution >= 0.6 is 15.6 Å². The van der Waals surface area contributed by atoms with Gasteiger partial charge in [-0.15, -0.1) is 0 Å². The van der Waals surface area contributed by atoms with Crippen LogP contribution in [0.1, 0.15) is 336 Å². The van der Waals surface area contributed by atoms with Crippen molar-refractivity contribution >= 4 is 39.5 Å². The summed E-state index contributed by atoms with van der Waals surface area (Å²) in [7, 11) is -9.98. The Hall–Kier alpha value is -4.54. The summed E-state index contributed by atoms with van der Waals surface area (Å²) in [5.41, 5.74) is 0. The van der Waals surface area contributed by atoms with E-state index in [2.05, 4.69) is 137 Å². The van der Waals surface area contributed by atoms with Crippen LogP contribution in [0.3, 0.4) is 0 Å². The van der Waals surface area contributed by atoms with Crippen molar-refractivity contribution in [2.45, 2.75) is 354 Å². The van der Waals surface area contributed by atoms with Gasteiger partial charge in [0.15, 0.2) is 12.2 Å². The zero-order valence-electron chi connectivity index (χ0n) is 65.4. The van der Waals surface area contributed by atoms with Crippen LogP contribution in [0.25, 0.3) is 0 Å². The Morgan fingerprint density at radius 2 is 0.510 bits per heavy atom. The number of carbonyl (C=O) groups is 4. The molecule has 0 spiro atoms. The lowest BCUT2D eigenvalue weighted by Gasteiger charge is -2.21. The fraction of sp³-hybridized carbons (Fsp3) is 0.718. The highest BCUT2D eigenvalue weighted by molar-refractivity contribution is 7.47. The molecule has 0 fully saturated rings. The molecule has 5 atom stereocenters. The minimum Gasteiger partial charge on any atom is -0.462 e. The quantitative estimate of drug-likeness (QED) is 0.0169. The maximum Gasteiger partial charge on any atom is 0.472 e. The summed E-state index contributed by atoms with van der Waals surface area (Å²) in [4.78, 5) is 73.1. The van der Waals surface area contributed by atoms with Crippen molar-refractivity contribution < 1.29 is 80.2 Å². The number of hydrogen-bond acceptors (Lipinski definition) is 15. The molecule has 19 heteroatoms. The molecule has 104 heavy (non-hydrogen) atoms. The minimum atomic E-state index is -5.00. The van der Waals surface area contributed by atoms with E-state index < -0.39 is 97.5 Å². The number of ether oxygens (including phenoxy) is 4. The Balaban J connectivity index is 5.43. The number of aliphatic hydroxyl groups excluding tert-OH is 1. The van der Waals surface area contributed by atoms with Gasteiger partial charge in [-0.1, -0.05) is 284 Å². The van der Waals surface area contributed by atoms with E-state index in [1.54, 1.807) is 0 Å². The third kappa shape index (κ3) is 75.7. The van der Waals surface area contributed by atoms with Gasteiger partial charge in [0.05, 0.1) is 26.4 Å². The molecule has 598 valence electrons. The zero-order chi connectivity index (χ0) is 76.0. The van der Waals surface area contributed by atoms with Crippen molar-refractivity contribution in [2.24, 2.45) is 0 Å². The maximum absolute atomic E-state index is 13.1. The van der Waals surface area contributed by atoms with Gasteiger partial charge >= 0.3 is 39.5 Å². The van der Waals surface area contributed by atoms with Crippen LogP contribution in [-0.2, 0) is 65.4 Å². The van der Waals surface area contributed by atoms with Crippen LogP contribution in [-0.4, -0.2) is 96.7 Å². The molecular formula is C85H146O17P2. The van der Waals surface area contributed by atoms with Crippen molar-refractivity contribution in [1.29, 1.82) is 0 Å². The molecule has 0 saturated heterocycles. The first kappa shape index (κ1) is 99.5. The first-order chi connectivity index (χ1) is 50.7. The van der Waals surface area contributed by atoms with Crippen molar-refractivity contribution in [1.82, 2.24) is 0 Å². The first-order valence-corrected chi connectivity index (χ1v) is 43.8. The minimum absolute atomic E-state index is 0.0689. The smallest absolute Gasteiger partial charge is 0.462 e. The maximum atomic E-state index is 13.1. The molecular weight excluding hydrogens is 1350 g/mol. The average molecular weight is 1500 g/mol. The number of allylic oxidation sites excluding steroid dienone is 20. The molecule has 0 radical (unpaired) electrons. The highest BCUT2D eigenvalue weighted by Crippen LogP contribution is 2.45. The molecule has 17 nitrogen and oxygen atoms in total. The second kappa shape index (κ2) is 76.6. The lowest BCUT2D eigenvalue weighted by atomic mass is 10.1. The predicted octanol–water partition coefficient (Wildman–Crippen LogP) is 23.9. The van der Waals surface area contributed by atoms with E-state index in [0.717, 1.165) is 173 Å². The average Bonchev–Trinajstić information content (AvgIpc) is 0.926. The van der Waals surface area contributed by atoms with E-state index in [1.807, 2.05) is 12.2 Å². The van der Waals surface area contributed by atoms with Crippen LogP contribution in [0, 0.1) is 0 Å². The van der Waals surface area contributed by atoms with Crippen LogP contribution < -0.4 is 0 Å². The molecule has 0 aliphatic carbocycles. The second-order valence-electron chi connectivity index (χ2n) is 26.9. The molecule has 0 amide bonds. The Labute approximate surface area is 632 Å². The number of rotatable bonds is 76. The predicted molar refractivity (Wildman–Crippen MR) is 427 cm³/mol. The zero-order valence-corrected chi connectivity index (χ0v) is 67.2. The normalized spacial score (nSPS) is 14.5. The third-order valence-electron chi connectivity index (χ3n) is 16.9. The van der Waals surface area contributed by atoms with Crippen molar-refractivity contribution in [3.05, 3.63) is 122 Å². The number of unbranched alkanes of at least 4 members (excludes halogenated alkanes) is 30. The summed E-state index contributed by atoms with van der Waals surface area (Å²) in [6, 6.07) is 0. The first-order valence-electron chi connectivity index (χ1n) is 40.8. The molecule has 0 heterocycles. The number of esters is 4. The molecule has 0 aromatic rings. The number of carbonyl (C=O) groups excluding carboxylic acids is 4. The molecule has 0 bridgehead atoms. The fourth-order valence-electron chi connectivity index (χ4n) is 10.7.